The number of thiophene rings is 1. The number of nitrogens with zero attached hydrogens (tertiary/aromatic N) is 2. The van der Waals surface area contributed by atoms with Crippen LogP contribution in [0.15, 0.2) is 48.0 Å². The minimum absolute atomic E-state index is 0.184. The molecule has 2 N–H and O–H groups in total. The molecule has 3 aromatic rings. The first-order chi connectivity index (χ1) is 14.2. The lowest BCUT2D eigenvalue weighted by Gasteiger charge is -2.35. The molecule has 0 aliphatic carbocycles. The first-order valence-electron chi connectivity index (χ1n) is 10.5. The maximum Gasteiger partial charge on any atom is 0.239 e. The number of carbonyl (C=O) groups excluding carboxylic acids is 1. The summed E-state index contributed by atoms with van der Waals surface area (Å²) >= 11 is 1.77. The van der Waals surface area contributed by atoms with Gasteiger partial charge in [0.25, 0.3) is 0 Å². The van der Waals surface area contributed by atoms with Gasteiger partial charge in [-0.15, -0.1) is 11.3 Å². The number of aromatic nitrogens is 1. The second-order valence-corrected chi connectivity index (χ2v) is 8.73. The number of rotatable bonds is 7. The van der Waals surface area contributed by atoms with Gasteiger partial charge in [-0.2, -0.15) is 0 Å². The Bertz CT molecular complexity index is 927. The number of hydrogen-bond donors (Lipinski definition) is 2. The Hall–Kier alpha value is -2.15. The van der Waals surface area contributed by atoms with Crippen LogP contribution in [0.2, 0.25) is 0 Å². The van der Waals surface area contributed by atoms with Crippen LogP contribution in [0.3, 0.4) is 0 Å². The van der Waals surface area contributed by atoms with E-state index < -0.39 is 0 Å². The normalized spacial score (nSPS) is 17.5. The van der Waals surface area contributed by atoms with Crippen molar-refractivity contribution in [3.63, 3.8) is 0 Å². The number of nitrogens with one attached hydrogen (secondary N) is 2. The molecule has 1 saturated heterocycles. The highest BCUT2D eigenvalue weighted by Crippen LogP contribution is 2.32. The van der Waals surface area contributed by atoms with E-state index in [0.717, 1.165) is 44.8 Å². The Morgan fingerprint density at radius 1 is 1.17 bits per heavy atom. The van der Waals surface area contributed by atoms with Crippen molar-refractivity contribution in [3.05, 3.63) is 58.4 Å². The number of carbonyl (C=O) groups is 1. The molecule has 29 heavy (non-hydrogen) atoms. The molecule has 0 bridgehead atoms. The molecule has 5 nitrogen and oxygen atoms in total. The average molecular weight is 411 g/mol. The number of H-pyrrole nitrogens is 1. The summed E-state index contributed by atoms with van der Waals surface area (Å²) in [7, 11) is 0. The lowest BCUT2D eigenvalue weighted by atomic mass is 9.96. The maximum atomic E-state index is 12.9. The van der Waals surface area contributed by atoms with E-state index in [2.05, 4.69) is 70.1 Å². The molecule has 6 heteroatoms. The molecule has 0 spiro atoms. The van der Waals surface area contributed by atoms with Gasteiger partial charge in [0.2, 0.25) is 5.91 Å². The number of aromatic amines is 1. The SMILES string of the molecule is CCN1CCN(C(=O)C(C)NCC(c2cccs2)c2c[nH]c3ccccc23)CC1. The van der Waals surface area contributed by atoms with Gasteiger partial charge in [0.1, 0.15) is 0 Å². The molecule has 1 amide bonds. The third-order valence-electron chi connectivity index (χ3n) is 6.01. The summed E-state index contributed by atoms with van der Waals surface area (Å²) in [5.41, 5.74) is 2.44. The van der Waals surface area contributed by atoms with E-state index in [1.165, 1.54) is 15.8 Å². The van der Waals surface area contributed by atoms with Gasteiger partial charge in [-0.05, 0) is 36.5 Å². The zero-order valence-electron chi connectivity index (χ0n) is 17.2. The van der Waals surface area contributed by atoms with Crippen molar-refractivity contribution < 1.29 is 4.79 Å². The predicted molar refractivity (Wildman–Crippen MR) is 121 cm³/mol. The van der Waals surface area contributed by atoms with E-state index in [9.17, 15) is 4.79 Å². The topological polar surface area (TPSA) is 51.4 Å². The zero-order valence-corrected chi connectivity index (χ0v) is 18.0. The minimum Gasteiger partial charge on any atom is -0.361 e. The van der Waals surface area contributed by atoms with Crippen LogP contribution in [0, 0.1) is 0 Å². The number of fused-ring (bicyclic) bond motifs is 1. The number of likely N-dealkylation sites (N-methyl/N-ethyl adjacent to an activating group) is 1. The van der Waals surface area contributed by atoms with Gasteiger partial charge >= 0.3 is 0 Å². The van der Waals surface area contributed by atoms with E-state index in [1.807, 2.05) is 11.8 Å². The van der Waals surface area contributed by atoms with E-state index in [-0.39, 0.29) is 17.9 Å². The fourth-order valence-corrected chi connectivity index (χ4v) is 5.02. The lowest BCUT2D eigenvalue weighted by molar-refractivity contribution is -0.134. The molecule has 0 saturated carbocycles. The van der Waals surface area contributed by atoms with Crippen molar-refractivity contribution in [3.8, 4) is 0 Å². The number of para-hydroxylation sites is 1. The summed E-state index contributed by atoms with van der Waals surface area (Å²) in [6.07, 6.45) is 2.12. The largest absolute Gasteiger partial charge is 0.361 e. The quantitative estimate of drug-likeness (QED) is 0.627. The molecule has 3 heterocycles. The Kier molecular flexibility index (Phi) is 6.33. The first-order valence-corrected chi connectivity index (χ1v) is 11.4. The van der Waals surface area contributed by atoms with Crippen LogP contribution in [0.1, 0.15) is 30.2 Å². The van der Waals surface area contributed by atoms with Crippen molar-refractivity contribution in [1.29, 1.82) is 0 Å². The first kappa shape index (κ1) is 20.1. The number of piperazine rings is 1. The molecule has 4 rings (SSSR count). The Labute approximate surface area is 176 Å². The van der Waals surface area contributed by atoms with Gasteiger partial charge in [0, 0.05) is 60.6 Å². The summed E-state index contributed by atoms with van der Waals surface area (Å²) in [5, 5.41) is 6.91. The molecular weight excluding hydrogens is 380 g/mol. The van der Waals surface area contributed by atoms with Crippen LogP contribution in [0.5, 0.6) is 0 Å². The molecule has 154 valence electrons. The predicted octanol–water partition coefficient (Wildman–Crippen LogP) is 3.50. The fraction of sp³-hybridized carbons (Fsp3) is 0.435. The summed E-state index contributed by atoms with van der Waals surface area (Å²) in [6, 6.07) is 12.5. The van der Waals surface area contributed by atoms with Gasteiger partial charge < -0.3 is 20.1 Å². The molecule has 1 fully saturated rings. The van der Waals surface area contributed by atoms with Crippen LogP contribution in [0.25, 0.3) is 10.9 Å². The van der Waals surface area contributed by atoms with Crippen LogP contribution < -0.4 is 5.32 Å². The minimum atomic E-state index is -0.184. The van der Waals surface area contributed by atoms with Crippen molar-refractivity contribution in [2.24, 2.45) is 0 Å². The van der Waals surface area contributed by atoms with E-state index in [1.54, 1.807) is 11.3 Å². The molecule has 1 aliphatic heterocycles. The molecule has 2 atom stereocenters. The third-order valence-corrected chi connectivity index (χ3v) is 7.00. The summed E-state index contributed by atoms with van der Waals surface area (Å²) in [5.74, 6) is 0.433. The van der Waals surface area contributed by atoms with Crippen molar-refractivity contribution in [2.75, 3.05) is 39.3 Å². The molecular formula is C23H30N4OS. The number of hydrogen-bond acceptors (Lipinski definition) is 4. The maximum absolute atomic E-state index is 12.9. The second-order valence-electron chi connectivity index (χ2n) is 7.75. The van der Waals surface area contributed by atoms with E-state index in [0.29, 0.717) is 0 Å². The summed E-state index contributed by atoms with van der Waals surface area (Å²) in [6.45, 7) is 9.58. The average Bonchev–Trinajstić information content (AvgIpc) is 3.44. The lowest BCUT2D eigenvalue weighted by Crippen LogP contribution is -2.53. The third kappa shape index (κ3) is 4.39. The zero-order chi connectivity index (χ0) is 20.2. The van der Waals surface area contributed by atoms with Gasteiger partial charge in [-0.1, -0.05) is 31.2 Å². The summed E-state index contributed by atoms with van der Waals surface area (Å²) < 4.78 is 0. The summed E-state index contributed by atoms with van der Waals surface area (Å²) in [4.78, 5) is 22.1. The van der Waals surface area contributed by atoms with Gasteiger partial charge in [0.05, 0.1) is 6.04 Å². The van der Waals surface area contributed by atoms with Gasteiger partial charge in [-0.25, -0.2) is 0 Å². The Balaban J connectivity index is 1.46. The monoisotopic (exact) mass is 410 g/mol. The molecule has 2 aromatic heterocycles. The highest BCUT2D eigenvalue weighted by molar-refractivity contribution is 7.10. The second kappa shape index (κ2) is 9.11. The van der Waals surface area contributed by atoms with Crippen molar-refractivity contribution in [1.82, 2.24) is 20.1 Å². The van der Waals surface area contributed by atoms with Crippen LogP contribution in [0.4, 0.5) is 0 Å². The van der Waals surface area contributed by atoms with Crippen LogP contribution in [-0.4, -0.2) is 66.0 Å². The van der Waals surface area contributed by atoms with Crippen molar-refractivity contribution >= 4 is 28.1 Å². The standard InChI is InChI=1S/C23H30N4OS/c1-3-26-10-12-27(13-11-26)23(28)17(2)24-16-20(22-9-6-14-29-22)19-15-25-21-8-5-4-7-18(19)21/h4-9,14-15,17,20,24-25H,3,10-13,16H2,1-2H3. The molecule has 2 unspecified atom stereocenters. The van der Waals surface area contributed by atoms with Gasteiger partial charge in [0.15, 0.2) is 0 Å². The van der Waals surface area contributed by atoms with E-state index >= 15 is 0 Å². The fourth-order valence-electron chi connectivity index (χ4n) is 4.18. The smallest absolute Gasteiger partial charge is 0.239 e. The molecule has 1 aromatic carbocycles. The Morgan fingerprint density at radius 3 is 2.69 bits per heavy atom. The van der Waals surface area contributed by atoms with Gasteiger partial charge in [-0.3, -0.25) is 4.79 Å². The van der Waals surface area contributed by atoms with Crippen LogP contribution >= 0.6 is 11.3 Å². The van der Waals surface area contributed by atoms with Crippen molar-refractivity contribution in [2.45, 2.75) is 25.8 Å². The molecule has 0 radical (unpaired) electrons. The highest BCUT2D eigenvalue weighted by atomic mass is 32.1. The number of benzene rings is 1. The Morgan fingerprint density at radius 2 is 1.97 bits per heavy atom. The highest BCUT2D eigenvalue weighted by Gasteiger charge is 2.26. The van der Waals surface area contributed by atoms with E-state index in [4.69, 9.17) is 0 Å². The van der Waals surface area contributed by atoms with Crippen LogP contribution in [-0.2, 0) is 4.79 Å². The molecule has 1 aliphatic rings. The number of amides is 1.